The van der Waals surface area contributed by atoms with E-state index in [0.717, 1.165) is 49.4 Å². The van der Waals surface area contributed by atoms with Crippen LogP contribution in [0.15, 0.2) is 6.33 Å². The molecule has 0 spiro atoms. The third-order valence-corrected chi connectivity index (χ3v) is 3.38. The number of carbonyl (C=O) groups is 1. The summed E-state index contributed by atoms with van der Waals surface area (Å²) in [7, 11) is 0. The molecule has 0 aliphatic heterocycles. The molecule has 2 rings (SSSR count). The molecule has 0 radical (unpaired) electrons. The second-order valence-corrected chi connectivity index (χ2v) is 5.35. The van der Waals surface area contributed by atoms with Crippen LogP contribution < -0.4 is 16.0 Å². The Balaban J connectivity index is 1.90. The van der Waals surface area contributed by atoms with Crippen LogP contribution >= 0.6 is 0 Å². The van der Waals surface area contributed by atoms with Crippen molar-refractivity contribution in [1.82, 2.24) is 15.3 Å². The van der Waals surface area contributed by atoms with Crippen LogP contribution in [-0.4, -0.2) is 35.0 Å². The van der Waals surface area contributed by atoms with Crippen molar-refractivity contribution in [2.24, 2.45) is 0 Å². The van der Waals surface area contributed by atoms with Crippen LogP contribution in [0, 0.1) is 0 Å². The topological polar surface area (TPSA) is 78.9 Å². The molecule has 1 aliphatic rings. The fourth-order valence-electron chi connectivity index (χ4n) is 2.19. The quantitative estimate of drug-likeness (QED) is 0.648. The van der Waals surface area contributed by atoms with Gasteiger partial charge in [0, 0.05) is 31.1 Å². The summed E-state index contributed by atoms with van der Waals surface area (Å²) < 4.78 is 0. The number of amides is 1. The predicted molar refractivity (Wildman–Crippen MR) is 84.5 cm³/mol. The van der Waals surface area contributed by atoms with Gasteiger partial charge in [-0.2, -0.15) is 0 Å². The van der Waals surface area contributed by atoms with Crippen molar-refractivity contribution in [3.05, 3.63) is 11.9 Å². The van der Waals surface area contributed by atoms with Crippen molar-refractivity contribution < 1.29 is 4.79 Å². The van der Waals surface area contributed by atoms with Gasteiger partial charge in [0.1, 0.15) is 18.0 Å². The number of hydrogen-bond donors (Lipinski definition) is 3. The second-order valence-electron chi connectivity index (χ2n) is 5.35. The first-order chi connectivity index (χ1) is 10.2. The van der Waals surface area contributed by atoms with Crippen LogP contribution in [0.25, 0.3) is 0 Å². The third kappa shape index (κ3) is 4.88. The summed E-state index contributed by atoms with van der Waals surface area (Å²) in [6.45, 7) is 5.61. The molecule has 0 saturated heterocycles. The van der Waals surface area contributed by atoms with Gasteiger partial charge in [-0.15, -0.1) is 0 Å². The zero-order valence-electron chi connectivity index (χ0n) is 12.9. The molecule has 1 aromatic rings. The zero-order chi connectivity index (χ0) is 15.1. The SMILES string of the molecule is CCCc1c(NCC)ncnc1NCCC(=O)NC1CC1. The summed E-state index contributed by atoms with van der Waals surface area (Å²) in [5.74, 6) is 1.84. The van der Waals surface area contributed by atoms with Gasteiger partial charge in [-0.25, -0.2) is 9.97 Å². The van der Waals surface area contributed by atoms with Crippen molar-refractivity contribution >= 4 is 17.5 Å². The maximum Gasteiger partial charge on any atom is 0.221 e. The van der Waals surface area contributed by atoms with Crippen LogP contribution in [-0.2, 0) is 11.2 Å². The Morgan fingerprint density at radius 1 is 1.24 bits per heavy atom. The molecule has 1 aliphatic carbocycles. The Morgan fingerprint density at radius 2 is 1.95 bits per heavy atom. The van der Waals surface area contributed by atoms with Gasteiger partial charge in [0.25, 0.3) is 0 Å². The molecule has 116 valence electrons. The molecule has 6 heteroatoms. The molecular weight excluding hydrogens is 266 g/mol. The number of carbonyl (C=O) groups excluding carboxylic acids is 1. The number of aromatic nitrogens is 2. The highest BCUT2D eigenvalue weighted by Gasteiger charge is 2.22. The molecule has 6 nitrogen and oxygen atoms in total. The van der Waals surface area contributed by atoms with Gasteiger partial charge in [-0.05, 0) is 26.2 Å². The molecular formula is C15H25N5O. The van der Waals surface area contributed by atoms with E-state index >= 15 is 0 Å². The van der Waals surface area contributed by atoms with Crippen molar-refractivity contribution in [3.63, 3.8) is 0 Å². The molecule has 1 saturated carbocycles. The Morgan fingerprint density at radius 3 is 2.57 bits per heavy atom. The van der Waals surface area contributed by atoms with Gasteiger partial charge in [0.15, 0.2) is 0 Å². The number of anilines is 2. The van der Waals surface area contributed by atoms with Crippen LogP contribution in [0.1, 0.15) is 45.1 Å². The van der Waals surface area contributed by atoms with Gasteiger partial charge in [0.2, 0.25) is 5.91 Å². The van der Waals surface area contributed by atoms with E-state index < -0.39 is 0 Å². The van der Waals surface area contributed by atoms with E-state index in [1.165, 1.54) is 0 Å². The predicted octanol–water partition coefficient (Wildman–Crippen LogP) is 1.94. The summed E-state index contributed by atoms with van der Waals surface area (Å²) in [5.41, 5.74) is 1.10. The minimum Gasteiger partial charge on any atom is -0.370 e. The molecule has 1 amide bonds. The molecule has 21 heavy (non-hydrogen) atoms. The van der Waals surface area contributed by atoms with Crippen molar-refractivity contribution in [2.75, 3.05) is 23.7 Å². The van der Waals surface area contributed by atoms with Crippen LogP contribution in [0.3, 0.4) is 0 Å². The van der Waals surface area contributed by atoms with Gasteiger partial charge < -0.3 is 16.0 Å². The molecule has 0 aromatic carbocycles. The average molecular weight is 291 g/mol. The van der Waals surface area contributed by atoms with Gasteiger partial charge in [0.05, 0.1) is 0 Å². The van der Waals surface area contributed by atoms with E-state index in [1.54, 1.807) is 6.33 Å². The molecule has 1 aromatic heterocycles. The Bertz CT molecular complexity index is 473. The van der Waals surface area contributed by atoms with Crippen molar-refractivity contribution in [2.45, 2.75) is 52.0 Å². The normalized spacial score (nSPS) is 13.8. The number of rotatable bonds is 9. The number of nitrogens with zero attached hydrogens (tertiary/aromatic N) is 2. The van der Waals surface area contributed by atoms with Gasteiger partial charge in [-0.1, -0.05) is 13.3 Å². The first kappa shape index (κ1) is 15.5. The first-order valence-corrected chi connectivity index (χ1v) is 7.85. The standard InChI is InChI=1S/C15H25N5O/c1-3-5-12-14(16-4-2)18-10-19-15(12)17-9-8-13(21)20-11-6-7-11/h10-11H,3-9H2,1-2H3,(H,20,21)(H2,16,17,18,19). The maximum atomic E-state index is 11.7. The lowest BCUT2D eigenvalue weighted by Crippen LogP contribution is -2.27. The molecule has 1 heterocycles. The van der Waals surface area contributed by atoms with E-state index in [0.29, 0.717) is 19.0 Å². The highest BCUT2D eigenvalue weighted by molar-refractivity contribution is 5.77. The second kappa shape index (κ2) is 7.81. The van der Waals surface area contributed by atoms with Crippen LogP contribution in [0.2, 0.25) is 0 Å². The number of hydrogen-bond acceptors (Lipinski definition) is 5. The van der Waals surface area contributed by atoms with Gasteiger partial charge in [-0.3, -0.25) is 4.79 Å². The van der Waals surface area contributed by atoms with Crippen molar-refractivity contribution in [3.8, 4) is 0 Å². The van der Waals surface area contributed by atoms with E-state index in [1.807, 2.05) is 6.92 Å². The van der Waals surface area contributed by atoms with E-state index in [4.69, 9.17) is 0 Å². The number of nitrogens with one attached hydrogen (secondary N) is 3. The molecule has 0 unspecified atom stereocenters. The minimum atomic E-state index is 0.114. The zero-order valence-corrected chi connectivity index (χ0v) is 12.9. The summed E-state index contributed by atoms with van der Waals surface area (Å²) >= 11 is 0. The highest BCUT2D eigenvalue weighted by atomic mass is 16.1. The molecule has 0 atom stereocenters. The lowest BCUT2D eigenvalue weighted by molar-refractivity contribution is -0.120. The molecule has 3 N–H and O–H groups in total. The lowest BCUT2D eigenvalue weighted by Gasteiger charge is -2.14. The van der Waals surface area contributed by atoms with Crippen LogP contribution in [0.5, 0.6) is 0 Å². The summed E-state index contributed by atoms with van der Waals surface area (Å²) in [5, 5.41) is 9.52. The monoisotopic (exact) mass is 291 g/mol. The lowest BCUT2D eigenvalue weighted by atomic mass is 10.1. The summed E-state index contributed by atoms with van der Waals surface area (Å²) in [4.78, 5) is 20.3. The molecule has 1 fully saturated rings. The smallest absolute Gasteiger partial charge is 0.221 e. The fourth-order valence-corrected chi connectivity index (χ4v) is 2.19. The summed E-state index contributed by atoms with van der Waals surface area (Å²) in [6, 6.07) is 0.424. The largest absolute Gasteiger partial charge is 0.370 e. The van der Waals surface area contributed by atoms with Crippen molar-refractivity contribution in [1.29, 1.82) is 0 Å². The van der Waals surface area contributed by atoms with E-state index in [-0.39, 0.29) is 5.91 Å². The highest BCUT2D eigenvalue weighted by Crippen LogP contribution is 2.21. The third-order valence-electron chi connectivity index (χ3n) is 3.38. The van der Waals surface area contributed by atoms with Gasteiger partial charge >= 0.3 is 0 Å². The Hall–Kier alpha value is -1.85. The first-order valence-electron chi connectivity index (χ1n) is 7.85. The Kier molecular flexibility index (Phi) is 5.78. The average Bonchev–Trinajstić information content (AvgIpc) is 3.26. The Labute approximate surface area is 126 Å². The fraction of sp³-hybridized carbons (Fsp3) is 0.667. The van der Waals surface area contributed by atoms with E-state index in [9.17, 15) is 4.79 Å². The summed E-state index contributed by atoms with van der Waals surface area (Å²) in [6.07, 6.45) is 6.23. The minimum absolute atomic E-state index is 0.114. The van der Waals surface area contributed by atoms with Crippen LogP contribution in [0.4, 0.5) is 11.6 Å². The molecule has 0 bridgehead atoms. The van der Waals surface area contributed by atoms with E-state index in [2.05, 4.69) is 32.8 Å². The maximum absolute atomic E-state index is 11.7.